The second-order valence-electron chi connectivity index (χ2n) is 19.9. The number of aromatic amines is 2. The average molecular weight is 1140 g/mol. The van der Waals surface area contributed by atoms with Gasteiger partial charge in [-0.15, -0.1) is 0 Å². The fourth-order valence-electron chi connectivity index (χ4n) is 9.61. The van der Waals surface area contributed by atoms with Crippen LogP contribution in [-0.4, -0.2) is 187 Å². The molecule has 1 aromatic carbocycles. The van der Waals surface area contributed by atoms with E-state index in [1.54, 1.807) is 36.5 Å². The van der Waals surface area contributed by atoms with Gasteiger partial charge in [-0.05, 0) is 101 Å². The first-order valence-electron chi connectivity index (χ1n) is 27.0. The number of nitrogens with one attached hydrogen (secondary N) is 8. The van der Waals surface area contributed by atoms with Crippen LogP contribution in [0.5, 0.6) is 0 Å². The van der Waals surface area contributed by atoms with E-state index in [1.807, 2.05) is 6.26 Å². The standard InChI is InChI=1S/C52H78N16O11S/c1-80-22-17-34(55)44(70)61-35(13-5-7-18-53)45(71)66-40(25-33-28-58-30-60-33)50(76)68-21-10-16-42(68)51(77)67-20-9-15-41(67)49(75)65-37(23-31-11-3-2-4-12-31)46(72)63-38(24-32-27-57-29-59-32)47(73)64-39(26-43(56)69)48(74)62-36(52(78)79)14-6-8-19-54/h2-4,11-12,27-30,34-42H,5-10,13-26,53-55H2,1H3,(H2,56,69)(H,57,59)(H,58,60)(H,61,70)(H,62,74)(H,63,72)(H,64,73)(H,65,75)(H,66,71)(H,78,79)/t34-,35-,36-,37-,38-,39-,40-,41-,42-/m0/s1. The Labute approximate surface area is 468 Å². The van der Waals surface area contributed by atoms with Crippen LogP contribution in [-0.2, 0) is 67.2 Å². The number of hydrogen-bond acceptors (Lipinski definition) is 16. The predicted octanol–water partition coefficient (Wildman–Crippen LogP) is -2.65. The van der Waals surface area contributed by atoms with Crippen molar-refractivity contribution in [3.8, 4) is 0 Å². The van der Waals surface area contributed by atoms with Crippen molar-refractivity contribution >= 4 is 70.9 Å². The number of hydrogen-bond donors (Lipinski definition) is 13. The summed E-state index contributed by atoms with van der Waals surface area (Å²) in [7, 11) is 0. The van der Waals surface area contributed by atoms with Crippen LogP contribution in [0.25, 0.3) is 0 Å². The van der Waals surface area contributed by atoms with Gasteiger partial charge in [-0.25, -0.2) is 14.8 Å². The lowest BCUT2D eigenvalue weighted by Crippen LogP contribution is -2.60. The number of nitrogens with zero attached hydrogens (tertiary/aromatic N) is 4. The number of carbonyl (C=O) groups excluding carboxylic acids is 9. The molecule has 2 aromatic heterocycles. The zero-order chi connectivity index (χ0) is 58.1. The Hall–Kier alpha value is -7.43. The van der Waals surface area contributed by atoms with E-state index in [0.29, 0.717) is 80.7 Å². The number of amides is 9. The van der Waals surface area contributed by atoms with Gasteiger partial charge in [0, 0.05) is 44.7 Å². The van der Waals surface area contributed by atoms with Crippen LogP contribution in [0.4, 0.5) is 0 Å². The van der Waals surface area contributed by atoms with Crippen LogP contribution in [0.2, 0.25) is 0 Å². The number of aromatic nitrogens is 4. The number of rotatable bonds is 34. The molecule has 0 saturated carbocycles. The molecule has 28 heteroatoms. The molecule has 0 unspecified atom stereocenters. The Morgan fingerprint density at radius 1 is 0.637 bits per heavy atom. The van der Waals surface area contributed by atoms with Gasteiger partial charge in [-0.3, -0.25) is 43.2 Å². The third-order valence-corrected chi connectivity index (χ3v) is 14.6. The Morgan fingerprint density at radius 3 is 1.73 bits per heavy atom. The first-order chi connectivity index (χ1) is 38.4. The Balaban J connectivity index is 1.35. The lowest BCUT2D eigenvalue weighted by molar-refractivity contribution is -0.148. The summed E-state index contributed by atoms with van der Waals surface area (Å²) in [6, 6.07) is -2.45. The molecule has 2 fully saturated rings. The molecule has 4 heterocycles. The van der Waals surface area contributed by atoms with Crippen molar-refractivity contribution in [2.45, 2.75) is 151 Å². The maximum Gasteiger partial charge on any atom is 0.326 e. The highest BCUT2D eigenvalue weighted by molar-refractivity contribution is 7.98. The molecule has 2 saturated heterocycles. The molecule has 9 amide bonds. The van der Waals surface area contributed by atoms with Crippen LogP contribution < -0.4 is 54.8 Å². The van der Waals surface area contributed by atoms with Gasteiger partial charge < -0.3 is 79.7 Å². The summed E-state index contributed by atoms with van der Waals surface area (Å²) in [6.45, 7) is 0.960. The second-order valence-corrected chi connectivity index (χ2v) is 20.9. The smallest absolute Gasteiger partial charge is 0.326 e. The van der Waals surface area contributed by atoms with E-state index >= 15 is 0 Å². The third kappa shape index (κ3) is 19.4. The molecular weight excluding hydrogens is 1060 g/mol. The van der Waals surface area contributed by atoms with Gasteiger partial charge >= 0.3 is 5.97 Å². The zero-order valence-corrected chi connectivity index (χ0v) is 45.9. The third-order valence-electron chi connectivity index (χ3n) is 13.9. The highest BCUT2D eigenvalue weighted by Crippen LogP contribution is 2.26. The summed E-state index contributed by atoms with van der Waals surface area (Å²) in [5.41, 5.74) is 24.3. The summed E-state index contributed by atoms with van der Waals surface area (Å²) in [6.07, 6.45) is 10.4. The molecule has 0 spiro atoms. The van der Waals surface area contributed by atoms with Gasteiger partial charge in [0.15, 0.2) is 0 Å². The lowest BCUT2D eigenvalue weighted by Gasteiger charge is -2.33. The van der Waals surface area contributed by atoms with Gasteiger partial charge in [0.2, 0.25) is 53.2 Å². The summed E-state index contributed by atoms with van der Waals surface area (Å²) in [5, 5.41) is 25.7. The first kappa shape index (κ1) is 63.4. The van der Waals surface area contributed by atoms with Crippen LogP contribution in [0, 0.1) is 0 Å². The van der Waals surface area contributed by atoms with Gasteiger partial charge in [-0.1, -0.05) is 30.3 Å². The minimum atomic E-state index is -1.66. The molecule has 2 aliphatic heterocycles. The normalized spacial score (nSPS) is 17.6. The fraction of sp³-hybridized carbons (Fsp3) is 0.577. The van der Waals surface area contributed by atoms with Gasteiger partial charge in [0.25, 0.3) is 0 Å². The zero-order valence-electron chi connectivity index (χ0n) is 45.1. The highest BCUT2D eigenvalue weighted by atomic mass is 32.2. The van der Waals surface area contributed by atoms with E-state index < -0.39 is 120 Å². The summed E-state index contributed by atoms with van der Waals surface area (Å²) in [4.78, 5) is 155. The van der Waals surface area contributed by atoms with Gasteiger partial charge in [-0.2, -0.15) is 11.8 Å². The summed E-state index contributed by atoms with van der Waals surface area (Å²) in [5.74, 6) is -7.44. The molecule has 27 nitrogen and oxygen atoms in total. The number of primary amides is 1. The minimum absolute atomic E-state index is 0.0125. The number of nitrogens with two attached hydrogens (primary N) is 4. The van der Waals surface area contributed by atoms with E-state index in [4.69, 9.17) is 22.9 Å². The summed E-state index contributed by atoms with van der Waals surface area (Å²) < 4.78 is 0. The highest BCUT2D eigenvalue weighted by Gasteiger charge is 2.45. The minimum Gasteiger partial charge on any atom is -0.480 e. The first-order valence-corrected chi connectivity index (χ1v) is 28.4. The molecule has 3 aromatic rings. The molecule has 0 aliphatic carbocycles. The molecule has 2 aliphatic rings. The molecular formula is C52H78N16O11S. The summed E-state index contributed by atoms with van der Waals surface area (Å²) >= 11 is 1.53. The SMILES string of the molecule is CSCC[C@H](N)C(=O)N[C@@H](CCCCN)C(=O)N[C@@H](Cc1c[nH]cn1)C(=O)N1CCC[C@H]1C(=O)N1CCC[C@H]1C(=O)N[C@@H](Cc1ccccc1)C(=O)N[C@@H](Cc1c[nH]cn1)C(=O)N[C@@H](CC(N)=O)C(=O)N[C@@H](CCCCN)C(=O)O. The van der Waals surface area contributed by atoms with Crippen molar-refractivity contribution in [2.75, 3.05) is 38.2 Å². The topological polar surface area (TPSA) is 431 Å². The number of imidazole rings is 2. The van der Waals surface area contributed by atoms with Crippen LogP contribution in [0.3, 0.4) is 0 Å². The van der Waals surface area contributed by atoms with Crippen LogP contribution >= 0.6 is 11.8 Å². The second kappa shape index (κ2) is 32.6. The lowest BCUT2D eigenvalue weighted by atomic mass is 10.0. The Bertz CT molecular complexity index is 2520. The average Bonchev–Trinajstić information content (AvgIpc) is 4.31. The Morgan fingerprint density at radius 2 is 1.15 bits per heavy atom. The van der Waals surface area contributed by atoms with Crippen molar-refractivity contribution < 1.29 is 53.1 Å². The monoisotopic (exact) mass is 1130 g/mol. The number of thioether (sulfide) groups is 1. The maximum atomic E-state index is 14.7. The Kier molecular flexibility index (Phi) is 25.8. The van der Waals surface area contributed by atoms with E-state index in [9.17, 15) is 53.1 Å². The molecule has 438 valence electrons. The van der Waals surface area contributed by atoms with E-state index in [-0.39, 0.29) is 58.0 Å². The molecule has 80 heavy (non-hydrogen) atoms. The van der Waals surface area contributed by atoms with Gasteiger partial charge in [0.1, 0.15) is 48.3 Å². The van der Waals surface area contributed by atoms with Crippen molar-refractivity contribution in [3.63, 3.8) is 0 Å². The number of likely N-dealkylation sites (tertiary alicyclic amines) is 2. The molecule has 17 N–H and O–H groups in total. The number of H-pyrrole nitrogens is 2. The van der Waals surface area contributed by atoms with E-state index in [0.717, 1.165) is 0 Å². The van der Waals surface area contributed by atoms with Crippen LogP contribution in [0.1, 0.15) is 94.0 Å². The number of carboxylic acid groups (broad SMARTS) is 1. The van der Waals surface area contributed by atoms with E-state index in [2.05, 4.69) is 51.8 Å². The number of benzene rings is 1. The molecule has 0 radical (unpaired) electrons. The number of aliphatic carboxylic acids is 1. The number of carboxylic acids is 1. The van der Waals surface area contributed by atoms with Crippen molar-refractivity contribution in [2.24, 2.45) is 22.9 Å². The molecule has 5 rings (SSSR count). The maximum absolute atomic E-state index is 14.7. The number of unbranched alkanes of at least 4 members (excludes halogenated alkanes) is 2. The van der Waals surface area contributed by atoms with E-state index in [1.165, 1.54) is 40.4 Å². The fourth-order valence-corrected chi connectivity index (χ4v) is 10.1. The molecule has 9 atom stereocenters. The van der Waals surface area contributed by atoms with Crippen molar-refractivity contribution in [1.82, 2.24) is 61.6 Å². The predicted molar refractivity (Wildman–Crippen MR) is 294 cm³/mol. The largest absolute Gasteiger partial charge is 0.480 e. The quantitative estimate of drug-likeness (QED) is 0.0272. The van der Waals surface area contributed by atoms with Crippen molar-refractivity contribution in [3.05, 3.63) is 72.3 Å². The molecule has 0 bridgehead atoms. The van der Waals surface area contributed by atoms with Gasteiger partial charge in [0.05, 0.1) is 36.5 Å². The number of carbonyl (C=O) groups is 10. The van der Waals surface area contributed by atoms with Crippen LogP contribution in [0.15, 0.2) is 55.4 Å². The van der Waals surface area contributed by atoms with Crippen molar-refractivity contribution in [1.29, 1.82) is 0 Å².